The molecule has 0 unspecified atom stereocenters. The number of hydrogen-bond acceptors (Lipinski definition) is 7. The van der Waals surface area contributed by atoms with Crippen LogP contribution in [0, 0.1) is 5.92 Å². The van der Waals surface area contributed by atoms with Gasteiger partial charge in [0.2, 0.25) is 17.7 Å². The van der Waals surface area contributed by atoms with E-state index in [0.717, 1.165) is 111 Å². The molecule has 3 fully saturated rings. The number of likely N-dealkylation sites (tertiary alicyclic amines) is 2. The van der Waals surface area contributed by atoms with Gasteiger partial charge in [0, 0.05) is 31.4 Å². The Morgan fingerprint density at radius 3 is 1.68 bits per heavy atom. The maximum Gasteiger partial charge on any atom is 0.250 e. The number of carbonyl (C=O) groups excluding carboxylic acids is 3. The van der Waals surface area contributed by atoms with Crippen molar-refractivity contribution in [3.05, 3.63) is 143 Å². The summed E-state index contributed by atoms with van der Waals surface area (Å²) in [5.41, 5.74) is 6.33. The zero-order chi connectivity index (χ0) is 40.1. The lowest BCUT2D eigenvalue weighted by molar-refractivity contribution is -0.138. The maximum absolute atomic E-state index is 14.3. The minimum atomic E-state index is -0.711. The highest BCUT2D eigenvalue weighted by Gasteiger charge is 2.38. The number of thiazole rings is 2. The first-order valence-electron chi connectivity index (χ1n) is 21.1. The van der Waals surface area contributed by atoms with E-state index in [1.54, 1.807) is 22.7 Å². The third-order valence-corrected chi connectivity index (χ3v) is 14.5. The molecule has 300 valence electrons. The summed E-state index contributed by atoms with van der Waals surface area (Å²) in [7, 11) is 0. The fourth-order valence-corrected chi connectivity index (χ4v) is 11.2. The van der Waals surface area contributed by atoms with Crippen LogP contribution in [0.1, 0.15) is 97.1 Å². The lowest BCUT2D eigenvalue weighted by Crippen LogP contribution is -2.44. The Balaban J connectivity index is 0.849. The van der Waals surface area contributed by atoms with Gasteiger partial charge in [-0.05, 0) is 71.9 Å². The Morgan fingerprint density at radius 2 is 1.10 bits per heavy atom. The van der Waals surface area contributed by atoms with Crippen molar-refractivity contribution in [2.75, 3.05) is 13.1 Å². The molecule has 9 rings (SSSR count). The number of nitrogens with one attached hydrogen (secondary N) is 1. The molecule has 2 saturated heterocycles. The van der Waals surface area contributed by atoms with Crippen LogP contribution in [0.5, 0.6) is 0 Å². The van der Waals surface area contributed by atoms with Crippen LogP contribution in [0.4, 0.5) is 0 Å². The van der Waals surface area contributed by atoms with Crippen molar-refractivity contribution in [1.29, 1.82) is 0 Å². The Hall–Kier alpha value is -5.45. The van der Waals surface area contributed by atoms with Crippen LogP contribution in [0.25, 0.3) is 32.0 Å². The minimum absolute atomic E-state index is 0.00629. The lowest BCUT2D eigenvalue weighted by Gasteiger charge is -2.30. The van der Waals surface area contributed by atoms with Crippen LogP contribution in [0.3, 0.4) is 0 Å². The van der Waals surface area contributed by atoms with Crippen LogP contribution < -0.4 is 5.32 Å². The van der Waals surface area contributed by atoms with E-state index < -0.39 is 6.04 Å². The van der Waals surface area contributed by atoms with E-state index in [9.17, 15) is 14.4 Å². The first kappa shape index (κ1) is 39.0. The van der Waals surface area contributed by atoms with Crippen LogP contribution in [-0.4, -0.2) is 50.6 Å². The molecule has 0 bridgehead atoms. The average Bonchev–Trinajstić information content (AvgIpc) is 4.14. The zero-order valence-electron chi connectivity index (χ0n) is 33.2. The molecule has 4 heterocycles. The van der Waals surface area contributed by atoms with Crippen molar-refractivity contribution >= 4 is 40.4 Å². The predicted octanol–water partition coefficient (Wildman–Crippen LogP) is 10.6. The average molecular weight is 820 g/mol. The number of hydrogen-bond donors (Lipinski definition) is 1. The van der Waals surface area contributed by atoms with Crippen LogP contribution in [0.15, 0.2) is 122 Å². The molecule has 0 radical (unpaired) electrons. The topological polar surface area (TPSA) is 95.5 Å². The number of benzene rings is 4. The molecule has 2 aliphatic heterocycles. The fourth-order valence-electron chi connectivity index (χ4n) is 9.01. The smallest absolute Gasteiger partial charge is 0.250 e. The van der Waals surface area contributed by atoms with Gasteiger partial charge in [0.15, 0.2) is 0 Å². The Kier molecular flexibility index (Phi) is 11.8. The van der Waals surface area contributed by atoms with Gasteiger partial charge < -0.3 is 15.1 Å². The lowest BCUT2D eigenvalue weighted by atomic mass is 9.88. The largest absolute Gasteiger partial charge is 0.340 e. The first-order valence-corrected chi connectivity index (χ1v) is 22.7. The van der Waals surface area contributed by atoms with Crippen molar-refractivity contribution in [2.45, 2.75) is 82.3 Å². The number of rotatable bonds is 11. The molecule has 3 atom stereocenters. The number of nitrogens with zero attached hydrogens (tertiary/aromatic N) is 4. The van der Waals surface area contributed by atoms with E-state index >= 15 is 0 Å². The van der Waals surface area contributed by atoms with Gasteiger partial charge in [0.25, 0.3) is 0 Å². The van der Waals surface area contributed by atoms with E-state index in [4.69, 9.17) is 9.97 Å². The van der Waals surface area contributed by atoms with Crippen molar-refractivity contribution in [2.24, 2.45) is 5.92 Å². The molecule has 3 amide bonds. The highest BCUT2D eigenvalue weighted by molar-refractivity contribution is 7.15. The minimum Gasteiger partial charge on any atom is -0.340 e. The Bertz CT molecular complexity index is 2370. The van der Waals surface area contributed by atoms with Gasteiger partial charge in [0.1, 0.15) is 16.1 Å². The third-order valence-electron chi connectivity index (χ3n) is 12.2. The summed E-state index contributed by atoms with van der Waals surface area (Å²) in [6.45, 7) is 1.43. The molecule has 8 nitrogen and oxygen atoms in total. The molecule has 2 aromatic heterocycles. The second-order valence-electron chi connectivity index (χ2n) is 16.1. The second-order valence-corrected chi connectivity index (χ2v) is 18.2. The maximum atomic E-state index is 14.3. The van der Waals surface area contributed by atoms with E-state index in [-0.39, 0.29) is 35.7 Å². The van der Waals surface area contributed by atoms with E-state index in [2.05, 4.69) is 53.8 Å². The second kappa shape index (κ2) is 17.8. The van der Waals surface area contributed by atoms with Crippen LogP contribution in [0.2, 0.25) is 0 Å². The summed E-state index contributed by atoms with van der Waals surface area (Å²) in [5, 5.41) is 5.11. The Labute approximate surface area is 354 Å². The van der Waals surface area contributed by atoms with Gasteiger partial charge in [-0.2, -0.15) is 0 Å². The summed E-state index contributed by atoms with van der Waals surface area (Å²) in [6.07, 6.45) is 13.1. The van der Waals surface area contributed by atoms with E-state index in [0.29, 0.717) is 13.0 Å². The van der Waals surface area contributed by atoms with Crippen molar-refractivity contribution in [3.63, 3.8) is 0 Å². The molecule has 1 N–H and O–H groups in total. The summed E-state index contributed by atoms with van der Waals surface area (Å²) < 4.78 is 0. The molecule has 1 aliphatic carbocycles. The van der Waals surface area contributed by atoms with Gasteiger partial charge >= 0.3 is 0 Å². The molecule has 6 aromatic rings. The number of amides is 3. The van der Waals surface area contributed by atoms with Gasteiger partial charge in [-0.25, -0.2) is 9.97 Å². The van der Waals surface area contributed by atoms with Gasteiger partial charge in [-0.3, -0.25) is 14.4 Å². The van der Waals surface area contributed by atoms with Crippen molar-refractivity contribution in [3.8, 4) is 32.0 Å². The molecule has 0 spiro atoms. The molecular weight excluding hydrogens is 771 g/mol. The number of aromatic nitrogens is 2. The Morgan fingerprint density at radius 1 is 0.593 bits per heavy atom. The van der Waals surface area contributed by atoms with Gasteiger partial charge in [0.05, 0.1) is 28.3 Å². The summed E-state index contributed by atoms with van der Waals surface area (Å²) in [6, 6.07) is 36.1. The molecular formula is C49H49N5O3S2. The van der Waals surface area contributed by atoms with Gasteiger partial charge in [-0.1, -0.05) is 128 Å². The molecule has 1 saturated carbocycles. The monoisotopic (exact) mass is 819 g/mol. The van der Waals surface area contributed by atoms with Crippen LogP contribution >= 0.6 is 22.7 Å². The normalized spacial score (nSPS) is 18.8. The van der Waals surface area contributed by atoms with E-state index in [1.807, 2.05) is 82.9 Å². The molecule has 3 aliphatic rings. The van der Waals surface area contributed by atoms with Crippen molar-refractivity contribution in [1.82, 2.24) is 25.1 Å². The SMILES string of the molecule is O=C(N[C@@H](C(=O)N1CCC[C@H]1c1ncc(-c2ccc(-c3ccc(-c4cnc([C@@H]5CCCN5C(=O)Cc5ccccc5)s4)cc3)cc2)s1)c1ccccc1)C1CCCCC1. The fraction of sp³-hybridized carbons (Fsp3) is 0.327. The van der Waals surface area contributed by atoms with Crippen LogP contribution in [-0.2, 0) is 20.8 Å². The highest BCUT2D eigenvalue weighted by atomic mass is 32.1. The van der Waals surface area contributed by atoms with Crippen molar-refractivity contribution < 1.29 is 14.4 Å². The molecule has 10 heteroatoms. The van der Waals surface area contributed by atoms with Gasteiger partial charge in [-0.15, -0.1) is 22.7 Å². The summed E-state index contributed by atoms with van der Waals surface area (Å²) in [5.74, 6) is 0.0739. The quantitative estimate of drug-likeness (QED) is 0.140. The predicted molar refractivity (Wildman–Crippen MR) is 236 cm³/mol. The zero-order valence-corrected chi connectivity index (χ0v) is 34.8. The first-order chi connectivity index (χ1) is 29.0. The summed E-state index contributed by atoms with van der Waals surface area (Å²) in [4.78, 5) is 56.8. The standard InChI is InChI=1S/C49H49N5O3S2/c55-44(30-33-12-4-1-5-13-33)53-28-10-18-40(53)47-50-31-42(58-47)36-24-20-34(21-25-36)35-22-26-37(27-23-35)43-32-51-48(59-43)41-19-11-29-54(41)49(57)45(38-14-6-2-7-15-38)52-46(56)39-16-8-3-9-17-39/h1-2,4-7,12-15,20-27,31-32,39-41,45H,3,8-11,16-19,28-30H2,(H,52,56)/t40-,41-,45+/m0/s1. The summed E-state index contributed by atoms with van der Waals surface area (Å²) >= 11 is 3.33. The molecule has 59 heavy (non-hydrogen) atoms. The van der Waals surface area contributed by atoms with E-state index in [1.165, 1.54) is 6.42 Å². The number of carbonyl (C=O) groups is 3. The molecule has 4 aromatic carbocycles. The third kappa shape index (κ3) is 8.66. The highest BCUT2D eigenvalue weighted by Crippen LogP contribution is 2.41.